The van der Waals surface area contributed by atoms with Gasteiger partial charge in [0.2, 0.25) is 0 Å². The van der Waals surface area contributed by atoms with E-state index in [0.29, 0.717) is 13.0 Å². The summed E-state index contributed by atoms with van der Waals surface area (Å²) >= 11 is 2.97. The van der Waals surface area contributed by atoms with Crippen LogP contribution < -0.4 is 0 Å². The monoisotopic (exact) mass is 336 g/mol. The van der Waals surface area contributed by atoms with E-state index in [4.69, 9.17) is 5.11 Å². The summed E-state index contributed by atoms with van der Waals surface area (Å²) in [5.74, 6) is -0.904. The molecule has 0 radical (unpaired) electrons. The summed E-state index contributed by atoms with van der Waals surface area (Å²) in [6.07, 6.45) is 8.79. The van der Waals surface area contributed by atoms with Crippen LogP contribution in [0.25, 0.3) is 0 Å². The Balaban J connectivity index is 1.69. The number of carboxylic acids is 1. The number of nitrogens with zero attached hydrogens (tertiary/aromatic N) is 4. The van der Waals surface area contributed by atoms with E-state index in [-0.39, 0.29) is 0 Å². The van der Waals surface area contributed by atoms with E-state index in [1.54, 1.807) is 18.6 Å². The molecule has 0 saturated heterocycles. The van der Waals surface area contributed by atoms with Crippen molar-refractivity contribution in [1.82, 2.24) is 9.97 Å². The number of aromatic nitrogens is 2. The number of unbranched alkanes of at least 4 members (excludes halogenated alkanes) is 1. The maximum atomic E-state index is 11.2. The van der Waals surface area contributed by atoms with Crippen molar-refractivity contribution in [2.75, 3.05) is 6.54 Å². The van der Waals surface area contributed by atoms with E-state index in [0.717, 1.165) is 22.9 Å². The van der Waals surface area contributed by atoms with Gasteiger partial charge in [-0.25, -0.2) is 14.8 Å². The minimum absolute atomic E-state index is 0.504. The second-order valence-electron chi connectivity index (χ2n) is 4.40. The minimum atomic E-state index is -0.904. The van der Waals surface area contributed by atoms with Crippen molar-refractivity contribution in [3.63, 3.8) is 0 Å². The molecule has 0 amide bonds. The summed E-state index contributed by atoms with van der Waals surface area (Å²) in [5.41, 5.74) is 0. The van der Waals surface area contributed by atoms with Gasteiger partial charge in [0.25, 0.3) is 0 Å². The zero-order valence-corrected chi connectivity index (χ0v) is 13.5. The summed E-state index contributed by atoms with van der Waals surface area (Å²) < 4.78 is 0. The van der Waals surface area contributed by atoms with Gasteiger partial charge < -0.3 is 5.11 Å². The fourth-order valence-electron chi connectivity index (χ4n) is 1.70. The zero-order chi connectivity index (χ0) is 15.6. The van der Waals surface area contributed by atoms with Gasteiger partial charge in [-0.1, -0.05) is 0 Å². The van der Waals surface area contributed by atoms with Crippen LogP contribution in [0.15, 0.2) is 33.1 Å². The number of carbonyl (C=O) groups is 1. The van der Waals surface area contributed by atoms with Gasteiger partial charge in [0.15, 0.2) is 0 Å². The van der Waals surface area contributed by atoms with E-state index in [2.05, 4.69) is 20.0 Å². The molecule has 0 unspecified atom stereocenters. The number of hydrogen-bond acceptors (Lipinski definition) is 7. The van der Waals surface area contributed by atoms with Crippen LogP contribution in [0.5, 0.6) is 0 Å². The highest BCUT2D eigenvalue weighted by Gasteiger charge is 2.14. The van der Waals surface area contributed by atoms with E-state index in [9.17, 15) is 4.79 Å². The smallest absolute Gasteiger partial charge is 0.328 e. The van der Waals surface area contributed by atoms with Crippen molar-refractivity contribution < 1.29 is 9.90 Å². The van der Waals surface area contributed by atoms with Crippen LogP contribution in [-0.2, 0) is 4.79 Å². The molecule has 8 heteroatoms. The summed E-state index contributed by atoms with van der Waals surface area (Å²) in [7, 11) is 0. The second kappa shape index (κ2) is 9.16. The highest BCUT2D eigenvalue weighted by Crippen LogP contribution is 2.08. The number of carboxylic acid groups (broad SMARTS) is 1. The molecule has 0 aliphatic heterocycles. The fraction of sp³-hybridized carbons (Fsp3) is 0.357. The van der Waals surface area contributed by atoms with Gasteiger partial charge in [-0.05, 0) is 19.3 Å². The van der Waals surface area contributed by atoms with E-state index >= 15 is 0 Å². The summed E-state index contributed by atoms with van der Waals surface area (Å²) in [6.45, 7) is 0.669. The van der Waals surface area contributed by atoms with Crippen LogP contribution in [0.4, 0.5) is 0 Å². The van der Waals surface area contributed by atoms with Crippen molar-refractivity contribution in [2.24, 2.45) is 9.98 Å². The molecule has 0 aliphatic rings. The molecule has 1 atom stereocenters. The Morgan fingerprint density at radius 3 is 2.45 bits per heavy atom. The molecule has 0 saturated carbocycles. The molecule has 0 aliphatic carbocycles. The first-order valence-electron chi connectivity index (χ1n) is 6.80. The average Bonchev–Trinajstić information content (AvgIpc) is 3.18. The quantitative estimate of drug-likeness (QED) is 0.563. The zero-order valence-electron chi connectivity index (χ0n) is 11.8. The van der Waals surface area contributed by atoms with Crippen LogP contribution in [0.3, 0.4) is 0 Å². The second-order valence-corrected chi connectivity index (χ2v) is 6.26. The Morgan fingerprint density at radius 1 is 1.18 bits per heavy atom. The minimum Gasteiger partial charge on any atom is -0.480 e. The van der Waals surface area contributed by atoms with Crippen molar-refractivity contribution in [1.29, 1.82) is 0 Å². The third-order valence-electron chi connectivity index (χ3n) is 2.77. The Bertz CT molecular complexity index is 609. The highest BCUT2D eigenvalue weighted by molar-refractivity contribution is 7.11. The predicted molar refractivity (Wildman–Crippen MR) is 89.6 cm³/mol. The molecule has 0 aromatic carbocycles. The molecule has 6 nitrogen and oxygen atoms in total. The first-order valence-corrected chi connectivity index (χ1v) is 8.56. The van der Waals surface area contributed by atoms with Gasteiger partial charge in [-0.2, -0.15) is 0 Å². The van der Waals surface area contributed by atoms with Gasteiger partial charge in [0, 0.05) is 29.7 Å². The third kappa shape index (κ3) is 5.82. The predicted octanol–water partition coefficient (Wildman–Crippen LogP) is 2.76. The van der Waals surface area contributed by atoms with E-state index in [1.165, 1.54) is 28.9 Å². The third-order valence-corrected chi connectivity index (χ3v) is 4.19. The fourth-order valence-corrected chi connectivity index (χ4v) is 2.72. The molecule has 2 heterocycles. The number of aliphatic imine (C=N–C) groups is 2. The Labute approximate surface area is 136 Å². The Hall–Kier alpha value is -1.93. The molecule has 22 heavy (non-hydrogen) atoms. The highest BCUT2D eigenvalue weighted by atomic mass is 32.1. The lowest BCUT2D eigenvalue weighted by Crippen LogP contribution is -2.18. The lowest BCUT2D eigenvalue weighted by Gasteiger charge is -2.05. The van der Waals surface area contributed by atoms with Crippen LogP contribution >= 0.6 is 22.7 Å². The van der Waals surface area contributed by atoms with Crippen molar-refractivity contribution in [3.8, 4) is 0 Å². The van der Waals surface area contributed by atoms with Gasteiger partial charge in [0.1, 0.15) is 16.1 Å². The molecule has 0 spiro atoms. The molecule has 0 bridgehead atoms. The average molecular weight is 336 g/mol. The van der Waals surface area contributed by atoms with Gasteiger partial charge in [0.05, 0.1) is 12.4 Å². The maximum absolute atomic E-state index is 11.2. The number of thiazole rings is 2. The molecular weight excluding hydrogens is 320 g/mol. The first-order chi connectivity index (χ1) is 10.8. The first kappa shape index (κ1) is 16.4. The number of aliphatic carboxylic acids is 1. The lowest BCUT2D eigenvalue weighted by molar-refractivity contribution is -0.138. The van der Waals surface area contributed by atoms with E-state index < -0.39 is 12.0 Å². The summed E-state index contributed by atoms with van der Waals surface area (Å²) in [6, 6.07) is -0.716. The molecule has 116 valence electrons. The Kier molecular flexibility index (Phi) is 6.85. The molecular formula is C14H16N4O2S2. The van der Waals surface area contributed by atoms with Crippen LogP contribution in [-0.4, -0.2) is 46.1 Å². The maximum Gasteiger partial charge on any atom is 0.328 e. The van der Waals surface area contributed by atoms with E-state index in [1.807, 2.05) is 10.8 Å². The molecule has 1 N–H and O–H groups in total. The number of hydrogen-bond donors (Lipinski definition) is 1. The van der Waals surface area contributed by atoms with Crippen molar-refractivity contribution in [3.05, 3.63) is 33.2 Å². The van der Waals surface area contributed by atoms with Crippen LogP contribution in [0.1, 0.15) is 29.3 Å². The molecule has 2 rings (SSSR count). The largest absolute Gasteiger partial charge is 0.480 e. The topological polar surface area (TPSA) is 87.8 Å². The Morgan fingerprint density at radius 2 is 1.86 bits per heavy atom. The summed E-state index contributed by atoms with van der Waals surface area (Å²) in [5, 5.41) is 14.5. The van der Waals surface area contributed by atoms with Crippen LogP contribution in [0.2, 0.25) is 0 Å². The molecule has 2 aromatic rings. The van der Waals surface area contributed by atoms with Crippen LogP contribution in [0, 0.1) is 0 Å². The normalized spacial score (nSPS) is 13.1. The van der Waals surface area contributed by atoms with Crippen molar-refractivity contribution in [2.45, 2.75) is 25.3 Å². The summed E-state index contributed by atoms with van der Waals surface area (Å²) in [4.78, 5) is 27.7. The van der Waals surface area contributed by atoms with Crippen molar-refractivity contribution >= 4 is 41.1 Å². The standard InChI is InChI=1S/C14H16N4O2S2/c19-14(20)11(18-10-13-17-6-8-22-13)3-1-2-4-15-9-12-16-5-7-21-12/h5-11H,1-4H2,(H,19,20)/t11-/m0/s1. The SMILES string of the molecule is O=C(O)[C@H](CCCCN=Cc1nccs1)N=Cc1nccs1. The number of rotatable bonds is 9. The van der Waals surface area contributed by atoms with Gasteiger partial charge in [-0.3, -0.25) is 9.98 Å². The van der Waals surface area contributed by atoms with Gasteiger partial charge in [-0.15, -0.1) is 22.7 Å². The molecule has 0 fully saturated rings. The van der Waals surface area contributed by atoms with Gasteiger partial charge >= 0.3 is 5.97 Å². The molecule has 2 aromatic heterocycles. The lowest BCUT2D eigenvalue weighted by atomic mass is 10.1.